The number of benzene rings is 2. The molecule has 3 aromatic rings. The summed E-state index contributed by atoms with van der Waals surface area (Å²) in [5, 5.41) is 1.99. The molecule has 2 nitrogen and oxygen atoms in total. The summed E-state index contributed by atoms with van der Waals surface area (Å²) in [6.07, 6.45) is 6.80. The van der Waals surface area contributed by atoms with Crippen LogP contribution in [0.2, 0.25) is 0 Å². The molecule has 0 bridgehead atoms. The molecule has 0 aliphatic carbocycles. The van der Waals surface area contributed by atoms with E-state index in [0.29, 0.717) is 6.61 Å². The van der Waals surface area contributed by atoms with Crippen molar-refractivity contribution in [3.05, 3.63) is 100 Å². The fourth-order valence-electron chi connectivity index (χ4n) is 2.20. The van der Waals surface area contributed by atoms with Crippen LogP contribution in [-0.2, 0) is 11.4 Å². The number of ketones is 1. The van der Waals surface area contributed by atoms with Gasteiger partial charge in [0.15, 0.2) is 5.78 Å². The van der Waals surface area contributed by atoms with Crippen molar-refractivity contribution in [1.82, 2.24) is 0 Å². The molecule has 0 amide bonds. The molecule has 0 aliphatic heterocycles. The Morgan fingerprint density at radius 2 is 1.64 bits per heavy atom. The molecule has 3 rings (SSSR count). The molecule has 0 saturated heterocycles. The number of thiophene rings is 1. The Labute approximate surface area is 151 Å². The van der Waals surface area contributed by atoms with Crippen LogP contribution in [0.4, 0.5) is 0 Å². The second kappa shape index (κ2) is 8.81. The van der Waals surface area contributed by atoms with Gasteiger partial charge in [-0.3, -0.25) is 4.79 Å². The highest BCUT2D eigenvalue weighted by molar-refractivity contribution is 7.10. The molecular formula is C22H18O2S. The number of allylic oxidation sites excluding steroid dienone is 2. The van der Waals surface area contributed by atoms with Crippen LogP contribution in [0.3, 0.4) is 0 Å². The van der Waals surface area contributed by atoms with Gasteiger partial charge in [0, 0.05) is 4.88 Å². The van der Waals surface area contributed by atoms with Gasteiger partial charge in [-0.1, -0.05) is 54.6 Å². The van der Waals surface area contributed by atoms with Gasteiger partial charge in [0.1, 0.15) is 12.4 Å². The number of carbonyl (C=O) groups is 1. The topological polar surface area (TPSA) is 26.3 Å². The van der Waals surface area contributed by atoms with Crippen molar-refractivity contribution in [3.8, 4) is 5.75 Å². The molecule has 0 N–H and O–H groups in total. The van der Waals surface area contributed by atoms with Crippen LogP contribution in [0, 0.1) is 0 Å². The number of ether oxygens (including phenoxy) is 1. The predicted molar refractivity (Wildman–Crippen MR) is 105 cm³/mol. The summed E-state index contributed by atoms with van der Waals surface area (Å²) in [4.78, 5) is 12.9. The largest absolute Gasteiger partial charge is 0.489 e. The second-order valence-electron chi connectivity index (χ2n) is 5.43. The molecule has 0 spiro atoms. The van der Waals surface area contributed by atoms with E-state index in [2.05, 4.69) is 0 Å². The number of hydrogen-bond acceptors (Lipinski definition) is 3. The quantitative estimate of drug-likeness (QED) is 0.519. The number of carbonyl (C=O) groups excluding carboxylic acids is 1. The maximum atomic E-state index is 11.8. The molecule has 0 aliphatic rings. The third-order valence-electron chi connectivity index (χ3n) is 3.52. The van der Waals surface area contributed by atoms with Crippen molar-refractivity contribution in [1.29, 1.82) is 0 Å². The lowest BCUT2D eigenvalue weighted by molar-refractivity contribution is -0.110. The lowest BCUT2D eigenvalue weighted by atomic mass is 10.2. The molecule has 3 heteroatoms. The summed E-state index contributed by atoms with van der Waals surface area (Å²) in [6.45, 7) is 0.544. The molecule has 1 aromatic heterocycles. The average molecular weight is 346 g/mol. The summed E-state index contributed by atoms with van der Waals surface area (Å²) >= 11 is 1.61. The fourth-order valence-corrected chi connectivity index (χ4v) is 2.82. The zero-order valence-electron chi connectivity index (χ0n) is 13.7. The minimum Gasteiger partial charge on any atom is -0.489 e. The van der Waals surface area contributed by atoms with Crippen LogP contribution in [0.15, 0.2) is 84.3 Å². The average Bonchev–Trinajstić information content (AvgIpc) is 3.18. The van der Waals surface area contributed by atoms with Crippen molar-refractivity contribution in [2.75, 3.05) is 0 Å². The smallest absolute Gasteiger partial charge is 0.178 e. The van der Waals surface area contributed by atoms with Crippen LogP contribution in [0.25, 0.3) is 12.2 Å². The maximum absolute atomic E-state index is 11.8. The van der Waals surface area contributed by atoms with E-state index in [1.165, 1.54) is 0 Å². The van der Waals surface area contributed by atoms with E-state index in [4.69, 9.17) is 4.74 Å². The summed E-state index contributed by atoms with van der Waals surface area (Å²) in [7, 11) is 0. The minimum atomic E-state index is -0.0298. The second-order valence-corrected chi connectivity index (χ2v) is 6.41. The van der Waals surface area contributed by atoms with Crippen molar-refractivity contribution < 1.29 is 9.53 Å². The first-order valence-electron chi connectivity index (χ1n) is 8.00. The molecule has 0 fully saturated rings. The van der Waals surface area contributed by atoms with Crippen LogP contribution in [-0.4, -0.2) is 5.78 Å². The normalized spacial score (nSPS) is 11.2. The van der Waals surface area contributed by atoms with E-state index < -0.39 is 0 Å². The Kier molecular flexibility index (Phi) is 5.96. The van der Waals surface area contributed by atoms with E-state index in [1.807, 2.05) is 84.3 Å². The van der Waals surface area contributed by atoms with Gasteiger partial charge in [-0.2, -0.15) is 0 Å². The Balaban J connectivity index is 1.52. The van der Waals surface area contributed by atoms with Gasteiger partial charge in [-0.05, 0) is 52.9 Å². The van der Waals surface area contributed by atoms with Gasteiger partial charge in [0.05, 0.1) is 0 Å². The molecule has 0 unspecified atom stereocenters. The lowest BCUT2D eigenvalue weighted by Crippen LogP contribution is -1.94. The summed E-state index contributed by atoms with van der Waals surface area (Å²) < 4.78 is 5.75. The zero-order valence-corrected chi connectivity index (χ0v) is 14.5. The SMILES string of the molecule is O=C(C=Cc1ccc(OCc2ccccc2)cc1)C=Cc1cccs1. The molecule has 124 valence electrons. The fraction of sp³-hybridized carbons (Fsp3) is 0.0455. The monoisotopic (exact) mass is 346 g/mol. The van der Waals surface area contributed by atoms with Crippen molar-refractivity contribution in [2.45, 2.75) is 6.61 Å². The van der Waals surface area contributed by atoms with Crippen molar-refractivity contribution >= 4 is 29.3 Å². The molecule has 25 heavy (non-hydrogen) atoms. The first-order chi connectivity index (χ1) is 12.3. The number of rotatable bonds is 7. The predicted octanol–water partition coefficient (Wildman–Crippen LogP) is 5.62. The van der Waals surface area contributed by atoms with E-state index >= 15 is 0 Å². The van der Waals surface area contributed by atoms with Gasteiger partial charge in [0.25, 0.3) is 0 Å². The van der Waals surface area contributed by atoms with Gasteiger partial charge in [0.2, 0.25) is 0 Å². The standard InChI is InChI=1S/C22H18O2S/c23-20(12-15-22-7-4-16-25-22)11-8-18-9-13-21(14-10-18)24-17-19-5-2-1-3-6-19/h1-16H,17H2. The van der Waals surface area contributed by atoms with Gasteiger partial charge < -0.3 is 4.74 Å². The highest BCUT2D eigenvalue weighted by Crippen LogP contribution is 2.15. The minimum absolute atomic E-state index is 0.0298. The Morgan fingerprint density at radius 1 is 0.880 bits per heavy atom. The summed E-state index contributed by atoms with van der Waals surface area (Å²) in [5.74, 6) is 0.780. The number of hydrogen-bond donors (Lipinski definition) is 0. The zero-order chi connectivity index (χ0) is 17.3. The van der Waals surface area contributed by atoms with Gasteiger partial charge >= 0.3 is 0 Å². The van der Waals surface area contributed by atoms with Crippen LogP contribution in [0.5, 0.6) is 5.75 Å². The van der Waals surface area contributed by atoms with Crippen LogP contribution in [0.1, 0.15) is 16.0 Å². The van der Waals surface area contributed by atoms with Gasteiger partial charge in [-0.15, -0.1) is 11.3 Å². The first-order valence-corrected chi connectivity index (χ1v) is 8.88. The molecule has 0 saturated carbocycles. The highest BCUT2D eigenvalue weighted by atomic mass is 32.1. The van der Waals surface area contributed by atoms with E-state index in [1.54, 1.807) is 23.5 Å². The van der Waals surface area contributed by atoms with Crippen molar-refractivity contribution in [2.24, 2.45) is 0 Å². The first kappa shape index (κ1) is 16.9. The molecule has 2 aromatic carbocycles. The Morgan fingerprint density at radius 3 is 2.36 bits per heavy atom. The molecular weight excluding hydrogens is 328 g/mol. The molecule has 0 atom stereocenters. The lowest BCUT2D eigenvalue weighted by Gasteiger charge is -2.06. The van der Waals surface area contributed by atoms with Crippen molar-refractivity contribution in [3.63, 3.8) is 0 Å². The third-order valence-corrected chi connectivity index (χ3v) is 4.36. The van der Waals surface area contributed by atoms with E-state index in [9.17, 15) is 4.79 Å². The Bertz CT molecular complexity index is 845. The van der Waals surface area contributed by atoms with Crippen LogP contribution < -0.4 is 4.74 Å². The van der Waals surface area contributed by atoms with E-state index in [-0.39, 0.29) is 5.78 Å². The molecule has 1 heterocycles. The van der Waals surface area contributed by atoms with Gasteiger partial charge in [-0.25, -0.2) is 0 Å². The Hall–Kier alpha value is -2.91. The van der Waals surface area contributed by atoms with E-state index in [0.717, 1.165) is 21.8 Å². The maximum Gasteiger partial charge on any atom is 0.178 e. The summed E-state index contributed by atoms with van der Waals surface area (Å²) in [5.41, 5.74) is 2.10. The molecule has 0 radical (unpaired) electrons. The third kappa shape index (κ3) is 5.59. The summed E-state index contributed by atoms with van der Waals surface area (Å²) in [6, 6.07) is 21.7. The highest BCUT2D eigenvalue weighted by Gasteiger charge is 1.96. The van der Waals surface area contributed by atoms with Crippen LogP contribution >= 0.6 is 11.3 Å².